The van der Waals surface area contributed by atoms with Crippen molar-refractivity contribution in [2.24, 2.45) is 0 Å². The van der Waals surface area contributed by atoms with Crippen LogP contribution >= 0.6 is 0 Å². The van der Waals surface area contributed by atoms with Gasteiger partial charge in [0.2, 0.25) is 0 Å². The molecule has 3 nitrogen and oxygen atoms in total. The molecule has 0 saturated heterocycles. The van der Waals surface area contributed by atoms with Gasteiger partial charge in [-0.3, -0.25) is 0 Å². The van der Waals surface area contributed by atoms with E-state index in [0.29, 0.717) is 6.61 Å². The van der Waals surface area contributed by atoms with Gasteiger partial charge in [0.05, 0.1) is 13.2 Å². The highest BCUT2D eigenvalue weighted by Gasteiger charge is 1.96. The molecule has 0 unspecified atom stereocenters. The summed E-state index contributed by atoms with van der Waals surface area (Å²) in [5.74, 6) is 0.937. The van der Waals surface area contributed by atoms with Crippen molar-refractivity contribution in [3.8, 4) is 5.75 Å². The van der Waals surface area contributed by atoms with Crippen LogP contribution in [0.15, 0.2) is 24.3 Å². The molecule has 0 aliphatic heterocycles. The Morgan fingerprint density at radius 3 is 2.06 bits per heavy atom. The molecule has 0 bridgehead atoms. The van der Waals surface area contributed by atoms with Crippen LogP contribution in [0.5, 0.6) is 5.75 Å². The van der Waals surface area contributed by atoms with Crippen LogP contribution in [0, 0.1) is 0 Å². The van der Waals surface area contributed by atoms with E-state index in [1.807, 2.05) is 24.3 Å². The predicted octanol–water partition coefficient (Wildman–Crippen LogP) is 3.42. The van der Waals surface area contributed by atoms with Crippen molar-refractivity contribution in [1.82, 2.24) is 0 Å². The molecule has 0 aromatic heterocycles. The Kier molecular flexibility index (Phi) is 8.26. The average Bonchev–Trinajstić information content (AvgIpc) is 2.40. The molecule has 0 spiro atoms. The zero-order valence-corrected chi connectivity index (χ0v) is 11.5. The maximum Gasteiger partial charge on any atom is 0.119 e. The highest BCUT2D eigenvalue weighted by molar-refractivity contribution is 5.26. The standard InChI is InChI=1S/C15H24O3/c1-16-11-5-3-4-6-12-18-15-9-7-14(8-10-15)13-17-2/h7-10H,3-6,11-13H2,1-2H3. The van der Waals surface area contributed by atoms with Gasteiger partial charge in [-0.15, -0.1) is 0 Å². The Bertz CT molecular complexity index is 295. The number of ether oxygens (including phenoxy) is 3. The lowest BCUT2D eigenvalue weighted by molar-refractivity contribution is 0.184. The third-order valence-electron chi connectivity index (χ3n) is 2.75. The monoisotopic (exact) mass is 252 g/mol. The Labute approximate surface area is 110 Å². The van der Waals surface area contributed by atoms with Crippen LogP contribution in [0.4, 0.5) is 0 Å². The summed E-state index contributed by atoms with van der Waals surface area (Å²) in [5.41, 5.74) is 1.17. The Morgan fingerprint density at radius 1 is 0.778 bits per heavy atom. The lowest BCUT2D eigenvalue weighted by Crippen LogP contribution is -1.98. The average molecular weight is 252 g/mol. The second kappa shape index (κ2) is 9.92. The van der Waals surface area contributed by atoms with Gasteiger partial charge < -0.3 is 14.2 Å². The molecule has 18 heavy (non-hydrogen) atoms. The Balaban J connectivity index is 2.08. The topological polar surface area (TPSA) is 27.7 Å². The van der Waals surface area contributed by atoms with Crippen molar-refractivity contribution in [3.05, 3.63) is 29.8 Å². The summed E-state index contributed by atoms with van der Waals surface area (Å²) < 4.78 is 15.7. The number of methoxy groups -OCH3 is 2. The second-order valence-corrected chi connectivity index (χ2v) is 4.33. The van der Waals surface area contributed by atoms with Gasteiger partial charge in [-0.1, -0.05) is 18.6 Å². The molecule has 1 aromatic rings. The molecule has 102 valence electrons. The van der Waals surface area contributed by atoms with Gasteiger partial charge in [0.1, 0.15) is 5.75 Å². The van der Waals surface area contributed by atoms with E-state index in [9.17, 15) is 0 Å². The molecule has 1 rings (SSSR count). The van der Waals surface area contributed by atoms with E-state index in [1.54, 1.807) is 14.2 Å². The van der Waals surface area contributed by atoms with Gasteiger partial charge in [-0.25, -0.2) is 0 Å². The lowest BCUT2D eigenvalue weighted by Gasteiger charge is -2.07. The second-order valence-electron chi connectivity index (χ2n) is 4.33. The highest BCUT2D eigenvalue weighted by Crippen LogP contribution is 2.13. The van der Waals surface area contributed by atoms with E-state index < -0.39 is 0 Å². The summed E-state index contributed by atoms with van der Waals surface area (Å²) in [4.78, 5) is 0. The smallest absolute Gasteiger partial charge is 0.119 e. The largest absolute Gasteiger partial charge is 0.494 e. The summed E-state index contributed by atoms with van der Waals surface area (Å²) in [6.07, 6.45) is 4.65. The van der Waals surface area contributed by atoms with Gasteiger partial charge in [0.15, 0.2) is 0 Å². The van der Waals surface area contributed by atoms with Gasteiger partial charge in [0.25, 0.3) is 0 Å². The van der Waals surface area contributed by atoms with Crippen LogP contribution in [-0.2, 0) is 16.1 Å². The van der Waals surface area contributed by atoms with Crippen LogP contribution in [0.25, 0.3) is 0 Å². The minimum absolute atomic E-state index is 0.653. The molecular formula is C15H24O3. The molecule has 0 saturated carbocycles. The predicted molar refractivity (Wildman–Crippen MR) is 73.0 cm³/mol. The van der Waals surface area contributed by atoms with E-state index in [-0.39, 0.29) is 0 Å². The minimum atomic E-state index is 0.653. The van der Waals surface area contributed by atoms with Crippen LogP contribution in [0.2, 0.25) is 0 Å². The van der Waals surface area contributed by atoms with Crippen molar-refractivity contribution < 1.29 is 14.2 Å². The fourth-order valence-electron chi connectivity index (χ4n) is 1.74. The number of benzene rings is 1. The number of hydrogen-bond acceptors (Lipinski definition) is 3. The highest BCUT2D eigenvalue weighted by atomic mass is 16.5. The van der Waals surface area contributed by atoms with Crippen molar-refractivity contribution in [1.29, 1.82) is 0 Å². The summed E-state index contributed by atoms with van der Waals surface area (Å²) in [7, 11) is 3.45. The third kappa shape index (κ3) is 6.62. The summed E-state index contributed by atoms with van der Waals surface area (Å²) in [5, 5.41) is 0. The van der Waals surface area contributed by atoms with Crippen molar-refractivity contribution in [3.63, 3.8) is 0 Å². The Morgan fingerprint density at radius 2 is 1.44 bits per heavy atom. The number of unbranched alkanes of at least 4 members (excludes halogenated alkanes) is 3. The van der Waals surface area contributed by atoms with Gasteiger partial charge >= 0.3 is 0 Å². The first-order valence-electron chi connectivity index (χ1n) is 6.56. The van der Waals surface area contributed by atoms with E-state index in [0.717, 1.165) is 31.8 Å². The maximum absolute atomic E-state index is 5.67. The van der Waals surface area contributed by atoms with Crippen molar-refractivity contribution in [2.45, 2.75) is 32.3 Å². The first kappa shape index (κ1) is 15.0. The molecule has 0 amide bonds. The number of rotatable bonds is 10. The molecule has 1 aromatic carbocycles. The van der Waals surface area contributed by atoms with Gasteiger partial charge in [-0.2, -0.15) is 0 Å². The lowest BCUT2D eigenvalue weighted by atomic mass is 10.2. The summed E-state index contributed by atoms with van der Waals surface area (Å²) in [6.45, 7) is 2.30. The van der Waals surface area contributed by atoms with Crippen LogP contribution < -0.4 is 4.74 Å². The van der Waals surface area contributed by atoms with Gasteiger partial charge in [0, 0.05) is 20.8 Å². The first-order valence-corrected chi connectivity index (χ1v) is 6.56. The van der Waals surface area contributed by atoms with Crippen LogP contribution in [0.3, 0.4) is 0 Å². The van der Waals surface area contributed by atoms with Crippen molar-refractivity contribution >= 4 is 0 Å². The quantitative estimate of drug-likeness (QED) is 0.597. The van der Waals surface area contributed by atoms with E-state index in [4.69, 9.17) is 14.2 Å². The maximum atomic E-state index is 5.67. The zero-order chi connectivity index (χ0) is 13.1. The fraction of sp³-hybridized carbons (Fsp3) is 0.600. The summed E-state index contributed by atoms with van der Waals surface area (Å²) in [6, 6.07) is 8.08. The molecular weight excluding hydrogens is 228 g/mol. The molecule has 0 radical (unpaired) electrons. The third-order valence-corrected chi connectivity index (χ3v) is 2.75. The molecule has 0 fully saturated rings. The van der Waals surface area contributed by atoms with E-state index in [2.05, 4.69) is 0 Å². The molecule has 0 aliphatic carbocycles. The van der Waals surface area contributed by atoms with Gasteiger partial charge in [-0.05, 0) is 37.0 Å². The number of hydrogen-bond donors (Lipinski definition) is 0. The molecule has 0 aliphatic rings. The summed E-state index contributed by atoms with van der Waals surface area (Å²) >= 11 is 0. The molecule has 0 N–H and O–H groups in total. The zero-order valence-electron chi connectivity index (χ0n) is 11.5. The van der Waals surface area contributed by atoms with Crippen molar-refractivity contribution in [2.75, 3.05) is 27.4 Å². The molecule has 0 atom stereocenters. The normalized spacial score (nSPS) is 10.6. The van der Waals surface area contributed by atoms with Crippen LogP contribution in [-0.4, -0.2) is 27.4 Å². The van der Waals surface area contributed by atoms with E-state index in [1.165, 1.54) is 18.4 Å². The fourth-order valence-corrected chi connectivity index (χ4v) is 1.74. The Hall–Kier alpha value is -1.06. The first-order chi connectivity index (χ1) is 8.86. The minimum Gasteiger partial charge on any atom is -0.494 e. The molecule has 0 heterocycles. The van der Waals surface area contributed by atoms with Crippen LogP contribution in [0.1, 0.15) is 31.2 Å². The SMILES string of the molecule is COCCCCCCOc1ccc(COC)cc1. The molecule has 3 heteroatoms. The van der Waals surface area contributed by atoms with E-state index >= 15 is 0 Å².